The molecule has 1 aliphatic carbocycles. The van der Waals surface area contributed by atoms with E-state index >= 15 is 0 Å². The molecule has 1 saturated heterocycles. The molecule has 2 aliphatic rings. The van der Waals surface area contributed by atoms with E-state index in [1.54, 1.807) is 0 Å². The van der Waals surface area contributed by atoms with Crippen molar-refractivity contribution in [2.24, 2.45) is 5.41 Å². The molecule has 0 aromatic rings. The first-order valence-corrected chi connectivity index (χ1v) is 7.15. The third kappa shape index (κ3) is 2.90. The lowest BCUT2D eigenvalue weighted by atomic mass is 9.75. The molecule has 2 heteroatoms. The number of rotatable bonds is 2. The second-order valence-corrected chi connectivity index (χ2v) is 6.82. The molecule has 1 saturated carbocycles. The lowest BCUT2D eigenvalue weighted by Gasteiger charge is -2.35. The average Bonchev–Trinajstić information content (AvgIpc) is 2.61. The molecule has 1 atom stereocenters. The van der Waals surface area contributed by atoms with Crippen LogP contribution in [0.5, 0.6) is 0 Å². The van der Waals surface area contributed by atoms with Gasteiger partial charge in [-0.05, 0) is 43.3 Å². The molecule has 0 bridgehead atoms. The SMILES string of the molecule is CC1(C)CCC(NC2CCSC2)CC1. The standard InChI is InChI=1S/C12H23NS/c1-12(2)6-3-10(4-7-12)13-11-5-8-14-9-11/h10-11,13H,3-9H2,1-2H3. The van der Waals surface area contributed by atoms with Crippen molar-refractivity contribution in [2.75, 3.05) is 11.5 Å². The van der Waals surface area contributed by atoms with Crippen LogP contribution >= 0.6 is 11.8 Å². The second-order valence-electron chi connectivity index (χ2n) is 5.67. The lowest BCUT2D eigenvalue weighted by molar-refractivity contribution is 0.200. The highest BCUT2D eigenvalue weighted by Crippen LogP contribution is 2.35. The van der Waals surface area contributed by atoms with Crippen LogP contribution in [0.2, 0.25) is 0 Å². The molecular formula is C12H23NS. The van der Waals surface area contributed by atoms with Crippen molar-refractivity contribution in [2.45, 2.75) is 58.0 Å². The summed E-state index contributed by atoms with van der Waals surface area (Å²) in [6.45, 7) is 4.82. The van der Waals surface area contributed by atoms with Crippen molar-refractivity contribution in [3.05, 3.63) is 0 Å². The van der Waals surface area contributed by atoms with Crippen LogP contribution in [0.25, 0.3) is 0 Å². The minimum Gasteiger partial charge on any atom is -0.310 e. The molecule has 1 N–H and O–H groups in total. The van der Waals surface area contributed by atoms with Gasteiger partial charge in [-0.25, -0.2) is 0 Å². The molecule has 1 heterocycles. The first-order valence-electron chi connectivity index (χ1n) is 5.99. The van der Waals surface area contributed by atoms with Crippen molar-refractivity contribution < 1.29 is 0 Å². The Labute approximate surface area is 92.4 Å². The summed E-state index contributed by atoms with van der Waals surface area (Å²) < 4.78 is 0. The van der Waals surface area contributed by atoms with Gasteiger partial charge in [0, 0.05) is 17.8 Å². The van der Waals surface area contributed by atoms with Crippen LogP contribution in [0.15, 0.2) is 0 Å². The predicted molar refractivity (Wildman–Crippen MR) is 64.9 cm³/mol. The van der Waals surface area contributed by atoms with E-state index in [2.05, 4.69) is 30.9 Å². The first-order chi connectivity index (χ1) is 6.66. The number of thioether (sulfide) groups is 1. The summed E-state index contributed by atoms with van der Waals surface area (Å²) >= 11 is 2.11. The molecule has 2 rings (SSSR count). The van der Waals surface area contributed by atoms with Gasteiger partial charge < -0.3 is 5.32 Å². The van der Waals surface area contributed by atoms with Gasteiger partial charge in [-0.1, -0.05) is 13.8 Å². The summed E-state index contributed by atoms with van der Waals surface area (Å²) in [6.07, 6.45) is 7.00. The van der Waals surface area contributed by atoms with Gasteiger partial charge in [0.2, 0.25) is 0 Å². The van der Waals surface area contributed by atoms with Crippen LogP contribution in [-0.2, 0) is 0 Å². The van der Waals surface area contributed by atoms with Crippen molar-refractivity contribution in [3.8, 4) is 0 Å². The van der Waals surface area contributed by atoms with E-state index in [-0.39, 0.29) is 0 Å². The van der Waals surface area contributed by atoms with Crippen LogP contribution in [-0.4, -0.2) is 23.6 Å². The summed E-state index contributed by atoms with van der Waals surface area (Å²) in [6, 6.07) is 1.65. The van der Waals surface area contributed by atoms with E-state index in [1.807, 2.05) is 0 Å². The minimum absolute atomic E-state index is 0.614. The normalized spacial score (nSPS) is 33.4. The predicted octanol–water partition coefficient (Wildman–Crippen LogP) is 3.05. The van der Waals surface area contributed by atoms with Gasteiger partial charge in [0.05, 0.1) is 0 Å². The molecule has 2 fully saturated rings. The highest BCUT2D eigenvalue weighted by Gasteiger charge is 2.28. The topological polar surface area (TPSA) is 12.0 Å². The van der Waals surface area contributed by atoms with Crippen molar-refractivity contribution in [1.82, 2.24) is 5.32 Å². The smallest absolute Gasteiger partial charge is 0.0168 e. The highest BCUT2D eigenvalue weighted by molar-refractivity contribution is 7.99. The Morgan fingerprint density at radius 2 is 1.79 bits per heavy atom. The third-order valence-electron chi connectivity index (χ3n) is 3.74. The molecule has 82 valence electrons. The van der Waals surface area contributed by atoms with Gasteiger partial charge >= 0.3 is 0 Å². The highest BCUT2D eigenvalue weighted by atomic mass is 32.2. The lowest BCUT2D eigenvalue weighted by Crippen LogP contribution is -2.41. The molecule has 0 amide bonds. The maximum Gasteiger partial charge on any atom is 0.0168 e. The van der Waals surface area contributed by atoms with E-state index in [0.29, 0.717) is 5.41 Å². The third-order valence-corrected chi connectivity index (χ3v) is 4.90. The Hall–Kier alpha value is 0.310. The van der Waals surface area contributed by atoms with Crippen molar-refractivity contribution >= 4 is 11.8 Å². The Bertz CT molecular complexity index is 175. The summed E-state index contributed by atoms with van der Waals surface area (Å²) in [5.74, 6) is 2.72. The zero-order valence-corrected chi connectivity index (χ0v) is 10.3. The van der Waals surface area contributed by atoms with Crippen LogP contribution < -0.4 is 5.32 Å². The summed E-state index contributed by atoms with van der Waals surface area (Å²) in [7, 11) is 0. The van der Waals surface area contributed by atoms with Gasteiger partial charge in [-0.15, -0.1) is 0 Å². The monoisotopic (exact) mass is 213 g/mol. The fraction of sp³-hybridized carbons (Fsp3) is 1.00. The zero-order valence-electron chi connectivity index (χ0n) is 9.51. The Morgan fingerprint density at radius 1 is 1.07 bits per heavy atom. The minimum atomic E-state index is 0.614. The maximum absolute atomic E-state index is 3.83. The van der Waals surface area contributed by atoms with Gasteiger partial charge in [0.25, 0.3) is 0 Å². The molecular weight excluding hydrogens is 190 g/mol. The number of hydrogen-bond acceptors (Lipinski definition) is 2. The Balaban J connectivity index is 1.72. The average molecular weight is 213 g/mol. The molecule has 1 nitrogen and oxygen atoms in total. The van der Waals surface area contributed by atoms with E-state index in [9.17, 15) is 0 Å². The summed E-state index contributed by atoms with van der Waals surface area (Å²) in [4.78, 5) is 0. The van der Waals surface area contributed by atoms with Gasteiger partial charge in [-0.2, -0.15) is 11.8 Å². The maximum atomic E-state index is 3.83. The Morgan fingerprint density at radius 3 is 2.36 bits per heavy atom. The molecule has 1 aliphatic heterocycles. The van der Waals surface area contributed by atoms with Crippen LogP contribution in [0.1, 0.15) is 46.0 Å². The fourth-order valence-electron chi connectivity index (χ4n) is 2.57. The summed E-state index contributed by atoms with van der Waals surface area (Å²) in [5, 5.41) is 3.83. The Kier molecular flexibility index (Phi) is 3.43. The summed E-state index contributed by atoms with van der Waals surface area (Å²) in [5.41, 5.74) is 0.614. The molecule has 0 aromatic heterocycles. The van der Waals surface area contributed by atoms with E-state index in [4.69, 9.17) is 0 Å². The number of nitrogens with one attached hydrogen (secondary N) is 1. The molecule has 0 aromatic carbocycles. The van der Waals surface area contributed by atoms with E-state index < -0.39 is 0 Å². The molecule has 0 radical (unpaired) electrons. The zero-order chi connectivity index (χ0) is 10.0. The van der Waals surface area contributed by atoms with E-state index in [1.165, 1.54) is 43.6 Å². The molecule has 1 unspecified atom stereocenters. The van der Waals surface area contributed by atoms with Crippen LogP contribution in [0.3, 0.4) is 0 Å². The quantitative estimate of drug-likeness (QED) is 0.756. The van der Waals surface area contributed by atoms with Crippen molar-refractivity contribution in [3.63, 3.8) is 0 Å². The second kappa shape index (κ2) is 4.44. The van der Waals surface area contributed by atoms with Gasteiger partial charge in [0.1, 0.15) is 0 Å². The van der Waals surface area contributed by atoms with Gasteiger partial charge in [-0.3, -0.25) is 0 Å². The largest absolute Gasteiger partial charge is 0.310 e. The van der Waals surface area contributed by atoms with Crippen molar-refractivity contribution in [1.29, 1.82) is 0 Å². The van der Waals surface area contributed by atoms with Crippen LogP contribution in [0, 0.1) is 5.41 Å². The molecule has 0 spiro atoms. The van der Waals surface area contributed by atoms with Gasteiger partial charge in [0.15, 0.2) is 0 Å². The fourth-order valence-corrected chi connectivity index (χ4v) is 3.73. The first kappa shape index (κ1) is 10.8. The van der Waals surface area contributed by atoms with E-state index in [0.717, 1.165) is 12.1 Å². The van der Waals surface area contributed by atoms with Crippen LogP contribution in [0.4, 0.5) is 0 Å². The number of hydrogen-bond donors (Lipinski definition) is 1. The molecule has 14 heavy (non-hydrogen) atoms.